The molecule has 1 amide bonds. The average molecular weight is 367 g/mol. The van der Waals surface area contributed by atoms with E-state index in [0.717, 1.165) is 48.2 Å². The van der Waals surface area contributed by atoms with E-state index in [0.29, 0.717) is 11.4 Å². The van der Waals surface area contributed by atoms with Crippen LogP contribution in [0, 0.1) is 12.7 Å². The minimum atomic E-state index is -0.311. The van der Waals surface area contributed by atoms with Crippen molar-refractivity contribution in [2.45, 2.75) is 45.6 Å². The van der Waals surface area contributed by atoms with E-state index in [2.05, 4.69) is 20.6 Å². The molecule has 0 spiro atoms. The number of rotatable bonds is 4. The Hall–Kier alpha value is -2.96. The number of halogens is 1. The van der Waals surface area contributed by atoms with Crippen LogP contribution in [0.5, 0.6) is 0 Å². The zero-order chi connectivity index (χ0) is 19.0. The van der Waals surface area contributed by atoms with Gasteiger partial charge in [-0.15, -0.1) is 0 Å². The number of nitrogens with one attached hydrogen (secondary N) is 2. The Labute approximate surface area is 156 Å². The van der Waals surface area contributed by atoms with Gasteiger partial charge in [-0.1, -0.05) is 6.07 Å². The van der Waals surface area contributed by atoms with Gasteiger partial charge in [-0.3, -0.25) is 9.89 Å². The van der Waals surface area contributed by atoms with Crippen LogP contribution in [0.1, 0.15) is 58.8 Å². The molecular weight excluding hydrogens is 345 g/mol. The number of aromatic amines is 1. The number of aryl methyl sites for hydroxylation is 1. The molecule has 7 heteroatoms. The first kappa shape index (κ1) is 17.5. The second-order valence-electron chi connectivity index (χ2n) is 7.01. The normalized spacial score (nSPS) is 14.6. The summed E-state index contributed by atoms with van der Waals surface area (Å²) in [4.78, 5) is 12.7. The maximum Gasteiger partial charge on any atom is 0.272 e. The van der Waals surface area contributed by atoms with Crippen LogP contribution >= 0.6 is 0 Å². The fraction of sp³-hybridized carbons (Fsp3) is 0.350. The lowest BCUT2D eigenvalue weighted by Gasteiger charge is -2.15. The first-order valence-electron chi connectivity index (χ1n) is 9.22. The molecule has 27 heavy (non-hydrogen) atoms. The molecule has 1 aromatic carbocycles. The van der Waals surface area contributed by atoms with Crippen LogP contribution in [0.25, 0.3) is 5.69 Å². The topological polar surface area (TPSA) is 75.6 Å². The largest absolute Gasteiger partial charge is 0.344 e. The van der Waals surface area contributed by atoms with Crippen LogP contribution in [0.15, 0.2) is 30.5 Å². The van der Waals surface area contributed by atoms with Crippen molar-refractivity contribution in [1.29, 1.82) is 0 Å². The number of aromatic nitrogens is 4. The second-order valence-corrected chi connectivity index (χ2v) is 7.01. The molecule has 1 atom stereocenters. The minimum absolute atomic E-state index is 0.181. The highest BCUT2D eigenvalue weighted by molar-refractivity contribution is 5.94. The first-order valence-corrected chi connectivity index (χ1v) is 9.22. The Morgan fingerprint density at radius 1 is 1.33 bits per heavy atom. The lowest BCUT2D eigenvalue weighted by atomic mass is 9.95. The van der Waals surface area contributed by atoms with Gasteiger partial charge in [-0.25, -0.2) is 9.07 Å². The van der Waals surface area contributed by atoms with E-state index in [1.807, 2.05) is 13.8 Å². The number of amides is 1. The molecule has 0 saturated heterocycles. The van der Waals surface area contributed by atoms with Crippen LogP contribution in [-0.2, 0) is 12.8 Å². The monoisotopic (exact) mass is 367 g/mol. The lowest BCUT2D eigenvalue weighted by molar-refractivity contribution is 0.0933. The number of nitrogens with zero attached hydrogens (tertiary/aromatic N) is 3. The van der Waals surface area contributed by atoms with Crippen molar-refractivity contribution < 1.29 is 9.18 Å². The standard InChI is InChI=1S/C20H22FN5O/c1-12(23-20(27)19-16-8-3-4-9-18(16)24-25-19)17-11-22-26(13(17)2)15-7-5-6-14(21)10-15/h5-7,10-12H,3-4,8-9H2,1-2H3,(H,23,27)(H,24,25). The fourth-order valence-corrected chi connectivity index (χ4v) is 3.73. The third kappa shape index (κ3) is 3.25. The highest BCUT2D eigenvalue weighted by Crippen LogP contribution is 2.24. The molecule has 0 saturated carbocycles. The van der Waals surface area contributed by atoms with Crippen molar-refractivity contribution in [1.82, 2.24) is 25.3 Å². The van der Waals surface area contributed by atoms with Gasteiger partial charge in [0.05, 0.1) is 17.9 Å². The van der Waals surface area contributed by atoms with E-state index < -0.39 is 0 Å². The van der Waals surface area contributed by atoms with Crippen molar-refractivity contribution in [2.24, 2.45) is 0 Å². The van der Waals surface area contributed by atoms with Crippen LogP contribution in [0.3, 0.4) is 0 Å². The van der Waals surface area contributed by atoms with Gasteiger partial charge in [0.2, 0.25) is 0 Å². The molecule has 2 aromatic heterocycles. The molecule has 0 aliphatic heterocycles. The summed E-state index contributed by atoms with van der Waals surface area (Å²) in [5.74, 6) is -0.492. The number of fused-ring (bicyclic) bond motifs is 1. The average Bonchev–Trinajstić information content (AvgIpc) is 3.25. The summed E-state index contributed by atoms with van der Waals surface area (Å²) in [6.45, 7) is 3.82. The quantitative estimate of drug-likeness (QED) is 0.742. The second kappa shape index (κ2) is 6.98. The fourth-order valence-electron chi connectivity index (χ4n) is 3.73. The van der Waals surface area contributed by atoms with Crippen LogP contribution in [0.4, 0.5) is 4.39 Å². The predicted octanol–water partition coefficient (Wildman–Crippen LogP) is 3.41. The summed E-state index contributed by atoms with van der Waals surface area (Å²) in [7, 11) is 0. The first-order chi connectivity index (χ1) is 13.0. The van der Waals surface area contributed by atoms with E-state index in [9.17, 15) is 9.18 Å². The molecule has 1 unspecified atom stereocenters. The Kier molecular flexibility index (Phi) is 4.51. The Bertz CT molecular complexity index is 990. The highest BCUT2D eigenvalue weighted by Gasteiger charge is 2.24. The number of carbonyl (C=O) groups is 1. The third-order valence-corrected chi connectivity index (χ3v) is 5.19. The molecule has 6 nitrogen and oxygen atoms in total. The lowest BCUT2D eigenvalue weighted by Crippen LogP contribution is -2.28. The van der Waals surface area contributed by atoms with Crippen molar-refractivity contribution in [2.75, 3.05) is 0 Å². The number of carbonyl (C=O) groups excluding carboxylic acids is 1. The van der Waals surface area contributed by atoms with Gasteiger partial charge in [-0.2, -0.15) is 10.2 Å². The predicted molar refractivity (Wildman–Crippen MR) is 99.4 cm³/mol. The van der Waals surface area contributed by atoms with Crippen molar-refractivity contribution >= 4 is 5.91 Å². The number of benzene rings is 1. The molecule has 3 aromatic rings. The van der Waals surface area contributed by atoms with Gasteiger partial charge in [0.15, 0.2) is 5.69 Å². The minimum Gasteiger partial charge on any atom is -0.344 e. The van der Waals surface area contributed by atoms with E-state index in [1.54, 1.807) is 23.0 Å². The number of hydrogen-bond acceptors (Lipinski definition) is 3. The van der Waals surface area contributed by atoms with Crippen LogP contribution in [-0.4, -0.2) is 25.9 Å². The maximum absolute atomic E-state index is 13.5. The van der Waals surface area contributed by atoms with Crippen LogP contribution in [0.2, 0.25) is 0 Å². The summed E-state index contributed by atoms with van der Waals surface area (Å²) in [6, 6.07) is 6.04. The van der Waals surface area contributed by atoms with E-state index in [-0.39, 0.29) is 17.8 Å². The molecule has 140 valence electrons. The maximum atomic E-state index is 13.5. The van der Waals surface area contributed by atoms with Gasteiger partial charge in [0.1, 0.15) is 5.82 Å². The van der Waals surface area contributed by atoms with E-state index >= 15 is 0 Å². The van der Waals surface area contributed by atoms with Crippen molar-refractivity contribution in [3.05, 3.63) is 64.5 Å². The summed E-state index contributed by atoms with van der Waals surface area (Å²) < 4.78 is 15.2. The van der Waals surface area contributed by atoms with Gasteiger partial charge < -0.3 is 5.32 Å². The smallest absolute Gasteiger partial charge is 0.272 e. The molecule has 2 N–H and O–H groups in total. The molecule has 1 aliphatic carbocycles. The molecule has 2 heterocycles. The molecule has 1 aliphatic rings. The SMILES string of the molecule is Cc1c(C(C)NC(=O)c2n[nH]c3c2CCCC3)cnn1-c1cccc(F)c1. The van der Waals surface area contributed by atoms with Crippen molar-refractivity contribution in [3.63, 3.8) is 0 Å². The zero-order valence-electron chi connectivity index (χ0n) is 15.4. The van der Waals surface area contributed by atoms with Crippen LogP contribution < -0.4 is 5.32 Å². The molecule has 4 rings (SSSR count). The van der Waals surface area contributed by atoms with E-state index in [1.165, 1.54) is 12.1 Å². The van der Waals surface area contributed by atoms with E-state index in [4.69, 9.17) is 0 Å². The molecule has 0 bridgehead atoms. The molecule has 0 radical (unpaired) electrons. The van der Waals surface area contributed by atoms with Crippen molar-refractivity contribution in [3.8, 4) is 5.69 Å². The summed E-state index contributed by atoms with van der Waals surface area (Å²) in [5, 5.41) is 14.6. The summed E-state index contributed by atoms with van der Waals surface area (Å²) in [6.07, 6.45) is 5.77. The number of hydrogen-bond donors (Lipinski definition) is 2. The summed E-state index contributed by atoms with van der Waals surface area (Å²) >= 11 is 0. The third-order valence-electron chi connectivity index (χ3n) is 5.19. The van der Waals surface area contributed by atoms with Gasteiger partial charge in [0, 0.05) is 22.5 Å². The highest BCUT2D eigenvalue weighted by atomic mass is 19.1. The van der Waals surface area contributed by atoms with Gasteiger partial charge in [-0.05, 0) is 57.7 Å². The number of H-pyrrole nitrogens is 1. The van der Waals surface area contributed by atoms with Gasteiger partial charge in [0.25, 0.3) is 5.91 Å². The Balaban J connectivity index is 1.54. The Morgan fingerprint density at radius 2 is 2.15 bits per heavy atom. The molecule has 0 fully saturated rings. The molecular formula is C20H22FN5O. The zero-order valence-corrected chi connectivity index (χ0v) is 15.4. The summed E-state index contributed by atoms with van der Waals surface area (Å²) in [5.41, 5.74) is 5.01. The Morgan fingerprint density at radius 3 is 2.96 bits per heavy atom. The van der Waals surface area contributed by atoms with Gasteiger partial charge >= 0.3 is 0 Å².